The molecular formula is C31H44O4. The van der Waals surface area contributed by atoms with Gasteiger partial charge in [-0.25, -0.2) is 0 Å². The molecule has 35 heavy (non-hydrogen) atoms. The van der Waals surface area contributed by atoms with E-state index in [0.29, 0.717) is 12.2 Å². The van der Waals surface area contributed by atoms with Crippen LogP contribution in [0.25, 0.3) is 0 Å². The first-order chi connectivity index (χ1) is 16.1. The van der Waals surface area contributed by atoms with Crippen LogP contribution in [0.2, 0.25) is 0 Å². The lowest BCUT2D eigenvalue weighted by atomic mass is 9.34. The number of fused-ring (bicyclic) bond motifs is 7. The Morgan fingerprint density at radius 3 is 2.20 bits per heavy atom. The Labute approximate surface area is 211 Å². The second-order valence-corrected chi connectivity index (χ2v) is 14.4. The van der Waals surface area contributed by atoms with Crippen molar-refractivity contribution in [3.63, 3.8) is 0 Å². The van der Waals surface area contributed by atoms with Crippen molar-refractivity contribution in [3.05, 3.63) is 23.3 Å². The quantitative estimate of drug-likeness (QED) is 0.395. The summed E-state index contributed by atoms with van der Waals surface area (Å²) in [6, 6.07) is 0. The summed E-state index contributed by atoms with van der Waals surface area (Å²) in [5, 5.41) is 0. The lowest BCUT2D eigenvalue weighted by Crippen LogP contribution is -2.65. The first kappa shape index (κ1) is 25.0. The molecule has 5 aliphatic rings. The summed E-state index contributed by atoms with van der Waals surface area (Å²) in [5.41, 5.74) is 0.877. The Kier molecular flexibility index (Phi) is 5.13. The molecule has 0 N–H and O–H groups in total. The number of carbonyl (C=O) groups excluding carboxylic acids is 3. The Morgan fingerprint density at radius 1 is 0.886 bits per heavy atom. The van der Waals surface area contributed by atoms with Crippen molar-refractivity contribution in [2.45, 2.75) is 99.8 Å². The molecule has 0 amide bonds. The van der Waals surface area contributed by atoms with Gasteiger partial charge < -0.3 is 4.74 Å². The second-order valence-electron chi connectivity index (χ2n) is 14.4. The van der Waals surface area contributed by atoms with Crippen LogP contribution >= 0.6 is 0 Å². The molecule has 4 heteroatoms. The monoisotopic (exact) mass is 480 g/mol. The maximum Gasteiger partial charge on any atom is 0.315 e. The van der Waals surface area contributed by atoms with E-state index in [1.165, 1.54) is 18.3 Å². The molecule has 7 atom stereocenters. The van der Waals surface area contributed by atoms with Crippen molar-refractivity contribution in [2.75, 3.05) is 7.11 Å². The van der Waals surface area contributed by atoms with E-state index in [0.717, 1.165) is 44.9 Å². The van der Waals surface area contributed by atoms with Crippen LogP contribution in [0.5, 0.6) is 0 Å². The van der Waals surface area contributed by atoms with E-state index in [-0.39, 0.29) is 50.7 Å². The molecule has 0 aromatic carbocycles. The third kappa shape index (κ3) is 2.95. The van der Waals surface area contributed by atoms with E-state index in [4.69, 9.17) is 4.74 Å². The summed E-state index contributed by atoms with van der Waals surface area (Å²) in [4.78, 5) is 39.9. The molecule has 192 valence electrons. The summed E-state index contributed by atoms with van der Waals surface area (Å²) < 4.78 is 5.20. The SMILES string of the molecule is COC(=O)[C@]1(C)C=C2C3=CC(=O)C4[C@@]5(C)CCC(=O)C(C)(C)C5CC[C@@]4(C)[C@]3(C)CCC2(C)CC1. The average Bonchev–Trinajstić information content (AvgIpc) is 2.78. The van der Waals surface area contributed by atoms with E-state index in [9.17, 15) is 14.4 Å². The number of carbonyl (C=O) groups is 3. The second kappa shape index (κ2) is 7.19. The number of methoxy groups -OCH3 is 1. The molecule has 5 rings (SSSR count). The third-order valence-corrected chi connectivity index (χ3v) is 12.4. The van der Waals surface area contributed by atoms with Crippen LogP contribution < -0.4 is 0 Å². The van der Waals surface area contributed by atoms with Crippen LogP contribution in [0.1, 0.15) is 99.8 Å². The van der Waals surface area contributed by atoms with E-state index in [1.54, 1.807) is 0 Å². The van der Waals surface area contributed by atoms with Crippen molar-refractivity contribution in [1.82, 2.24) is 0 Å². The van der Waals surface area contributed by atoms with E-state index in [2.05, 4.69) is 47.6 Å². The van der Waals surface area contributed by atoms with Gasteiger partial charge in [0.1, 0.15) is 5.78 Å². The Bertz CT molecular complexity index is 1080. The summed E-state index contributed by atoms with van der Waals surface area (Å²) in [6.45, 7) is 15.6. The number of Topliss-reactive ketones (excluding diaryl/α,β-unsaturated/α-hetero) is 1. The molecule has 4 nitrogen and oxygen atoms in total. The molecule has 0 spiro atoms. The van der Waals surface area contributed by atoms with Crippen molar-refractivity contribution >= 4 is 17.5 Å². The molecule has 0 aromatic rings. The third-order valence-electron chi connectivity index (χ3n) is 12.4. The lowest BCUT2D eigenvalue weighted by molar-refractivity contribution is -0.182. The van der Waals surface area contributed by atoms with Gasteiger partial charge >= 0.3 is 5.97 Å². The van der Waals surface area contributed by atoms with Gasteiger partial charge in [-0.2, -0.15) is 0 Å². The maximum absolute atomic E-state index is 14.2. The Morgan fingerprint density at radius 2 is 1.54 bits per heavy atom. The number of rotatable bonds is 1. The smallest absolute Gasteiger partial charge is 0.315 e. The first-order valence-electron chi connectivity index (χ1n) is 13.7. The van der Waals surface area contributed by atoms with E-state index >= 15 is 0 Å². The van der Waals surface area contributed by atoms with Gasteiger partial charge in [0, 0.05) is 17.8 Å². The number of esters is 1. The van der Waals surface area contributed by atoms with Gasteiger partial charge in [0.05, 0.1) is 12.5 Å². The molecule has 0 saturated heterocycles. The highest BCUT2D eigenvalue weighted by molar-refractivity contribution is 5.97. The topological polar surface area (TPSA) is 60.4 Å². The van der Waals surface area contributed by atoms with Gasteiger partial charge in [0.15, 0.2) is 5.78 Å². The standard InChI is InChI=1S/C31H44O4/c1-26(2)22-9-12-31(7)24(29(22,5)11-10-23(26)33)21(32)17-19-20-18-28(4,25(34)35-8)14-13-27(20,3)15-16-30(19,31)6/h17-18,22,24H,9-16H2,1-8H3/t22?,24?,27?,28-,29-,30+,31+/m0/s1. The van der Waals surface area contributed by atoms with E-state index < -0.39 is 5.41 Å². The predicted octanol–water partition coefficient (Wildman–Crippen LogP) is 6.63. The number of allylic oxidation sites excluding steroid dienone is 3. The summed E-state index contributed by atoms with van der Waals surface area (Å²) in [5.74, 6) is 0.580. The highest BCUT2D eigenvalue weighted by atomic mass is 16.5. The summed E-state index contributed by atoms with van der Waals surface area (Å²) in [6.07, 6.45) is 11.3. The highest BCUT2D eigenvalue weighted by Gasteiger charge is 2.69. The van der Waals surface area contributed by atoms with Crippen LogP contribution in [-0.4, -0.2) is 24.6 Å². The highest BCUT2D eigenvalue weighted by Crippen LogP contribution is 2.74. The Hall–Kier alpha value is -1.71. The lowest BCUT2D eigenvalue weighted by Gasteiger charge is -2.68. The summed E-state index contributed by atoms with van der Waals surface area (Å²) >= 11 is 0. The van der Waals surface area contributed by atoms with Crippen LogP contribution in [0.3, 0.4) is 0 Å². The van der Waals surface area contributed by atoms with Crippen LogP contribution in [0.15, 0.2) is 23.3 Å². The number of hydrogen-bond donors (Lipinski definition) is 0. The van der Waals surface area contributed by atoms with Gasteiger partial charge in [-0.3, -0.25) is 14.4 Å². The minimum Gasteiger partial charge on any atom is -0.468 e. The largest absolute Gasteiger partial charge is 0.468 e. The average molecular weight is 481 g/mol. The van der Waals surface area contributed by atoms with Crippen molar-refractivity contribution < 1.29 is 19.1 Å². The van der Waals surface area contributed by atoms with Crippen LogP contribution in [0, 0.1) is 44.3 Å². The zero-order valence-electron chi connectivity index (χ0n) is 23.1. The van der Waals surface area contributed by atoms with Crippen molar-refractivity contribution in [3.8, 4) is 0 Å². The van der Waals surface area contributed by atoms with Gasteiger partial charge in [0.25, 0.3) is 0 Å². The number of ether oxygens (including phenoxy) is 1. The molecule has 0 aromatic heterocycles. The zero-order chi connectivity index (χ0) is 25.8. The van der Waals surface area contributed by atoms with E-state index in [1.807, 2.05) is 13.0 Å². The molecule has 0 bridgehead atoms. The molecule has 0 aliphatic heterocycles. The van der Waals surface area contributed by atoms with Crippen molar-refractivity contribution in [2.24, 2.45) is 44.3 Å². The van der Waals surface area contributed by atoms with Gasteiger partial charge in [0.2, 0.25) is 0 Å². The van der Waals surface area contributed by atoms with Gasteiger partial charge in [-0.1, -0.05) is 47.6 Å². The molecule has 3 fully saturated rings. The molecular weight excluding hydrogens is 436 g/mol. The van der Waals surface area contributed by atoms with Crippen LogP contribution in [-0.2, 0) is 19.1 Å². The normalized spacial score (nSPS) is 48.5. The first-order valence-corrected chi connectivity index (χ1v) is 13.7. The fourth-order valence-electron chi connectivity index (χ4n) is 9.79. The minimum atomic E-state index is -0.652. The molecule has 0 heterocycles. The fraction of sp³-hybridized carbons (Fsp3) is 0.774. The zero-order valence-corrected chi connectivity index (χ0v) is 23.1. The van der Waals surface area contributed by atoms with Crippen molar-refractivity contribution in [1.29, 1.82) is 0 Å². The van der Waals surface area contributed by atoms with Gasteiger partial charge in [-0.15, -0.1) is 0 Å². The minimum absolute atomic E-state index is 0.0112. The van der Waals surface area contributed by atoms with Gasteiger partial charge in [-0.05, 0) is 96.7 Å². The Balaban J connectivity index is 1.67. The van der Waals surface area contributed by atoms with Crippen LogP contribution in [0.4, 0.5) is 0 Å². The molecule has 5 aliphatic carbocycles. The fourth-order valence-corrected chi connectivity index (χ4v) is 9.79. The molecule has 3 unspecified atom stereocenters. The number of ketones is 2. The molecule has 3 saturated carbocycles. The molecule has 0 radical (unpaired) electrons. The number of hydrogen-bond acceptors (Lipinski definition) is 4. The predicted molar refractivity (Wildman–Crippen MR) is 136 cm³/mol. The summed E-state index contributed by atoms with van der Waals surface area (Å²) in [7, 11) is 1.47. The maximum atomic E-state index is 14.2.